The van der Waals surface area contributed by atoms with Crippen molar-refractivity contribution in [2.24, 2.45) is 0 Å². The third kappa shape index (κ3) is 14.5. The van der Waals surface area contributed by atoms with Crippen molar-refractivity contribution >= 4 is 19.2 Å². The highest BCUT2D eigenvalue weighted by Gasteiger charge is 2.56. The summed E-state index contributed by atoms with van der Waals surface area (Å²) in [6, 6.07) is 11.0. The number of nitriles is 1. The van der Waals surface area contributed by atoms with E-state index in [1.165, 1.54) is 103 Å². The second-order valence-electron chi connectivity index (χ2n) is 16.4. The minimum absolute atomic E-state index is 0.149. The molecule has 2 aliphatic heterocycles. The number of ether oxygens (including phenoxy) is 5. The maximum atomic E-state index is 13.3. The number of phosphoric acid groups is 1. The standard InChI is InChI=1S/C44H68N5O9P/c1-5-6-7-8-9-10-11-12-13-14-15-16-17-18-19-20-21-22-35(53-29-33-23-24-34(28-45)38(27-33)52-4)30-54-59(50,51)55-31-39-41-42(58-44(2,3)57-41)40(56-39)36-25-26-37-43(46)47-32-48-49(36)37/h23-27,32,35,39-42H,5-22,29-31H2,1-4H3,(H,50,51)(H2,46,47,48)/t35-,39-,40+,41-,42+/m1/s1. The molecule has 5 rings (SSSR count). The van der Waals surface area contributed by atoms with Gasteiger partial charge in [0, 0.05) is 0 Å². The van der Waals surface area contributed by atoms with Crippen LogP contribution >= 0.6 is 7.82 Å². The molecule has 0 aliphatic carbocycles. The average molecular weight is 842 g/mol. The maximum Gasteiger partial charge on any atom is 0.472 e. The third-order valence-electron chi connectivity index (χ3n) is 11.3. The zero-order valence-electron chi connectivity index (χ0n) is 35.7. The SMILES string of the molecule is CCCCCCCCCCCCCCCCCCC[C@H](COP(=O)(O)OC[C@H]1O[C@@H](c2ccc3c(N)ncnn23)[C@@H]2OC(C)(C)O[C@@H]21)OCc1ccc(C#N)c(OC)c1. The first-order valence-corrected chi connectivity index (χ1v) is 23.4. The normalized spacial score (nSPS) is 21.4. The minimum atomic E-state index is -4.54. The molecule has 4 heterocycles. The van der Waals surface area contributed by atoms with E-state index in [9.17, 15) is 14.7 Å². The monoisotopic (exact) mass is 841 g/mol. The fourth-order valence-corrected chi connectivity index (χ4v) is 8.83. The predicted octanol–water partition coefficient (Wildman–Crippen LogP) is 9.91. The number of phosphoric ester groups is 1. The molecule has 0 radical (unpaired) electrons. The van der Waals surface area contributed by atoms with Crippen LogP contribution in [0.2, 0.25) is 0 Å². The summed E-state index contributed by atoms with van der Waals surface area (Å²) < 4.78 is 56.5. The Morgan fingerprint density at radius 2 is 1.54 bits per heavy atom. The van der Waals surface area contributed by atoms with E-state index in [2.05, 4.69) is 23.1 Å². The van der Waals surface area contributed by atoms with Gasteiger partial charge >= 0.3 is 7.82 Å². The molecule has 2 fully saturated rings. The number of hydrogen-bond acceptors (Lipinski definition) is 12. The molecule has 15 heteroatoms. The molecule has 14 nitrogen and oxygen atoms in total. The fourth-order valence-electron chi connectivity index (χ4n) is 8.07. The van der Waals surface area contributed by atoms with Crippen LogP contribution < -0.4 is 10.5 Å². The zero-order valence-corrected chi connectivity index (χ0v) is 36.6. The smallest absolute Gasteiger partial charge is 0.472 e. The molecule has 2 aromatic heterocycles. The van der Waals surface area contributed by atoms with Crippen LogP contribution in [0.25, 0.3) is 5.52 Å². The number of anilines is 1. The number of fused-ring (bicyclic) bond motifs is 2. The molecule has 0 saturated carbocycles. The number of nitrogens with zero attached hydrogens (tertiary/aromatic N) is 4. The number of benzene rings is 1. The minimum Gasteiger partial charge on any atom is -0.495 e. The van der Waals surface area contributed by atoms with Crippen LogP contribution in [0.15, 0.2) is 36.7 Å². The lowest BCUT2D eigenvalue weighted by Gasteiger charge is -2.25. The van der Waals surface area contributed by atoms with Gasteiger partial charge in [-0.05, 0) is 50.1 Å². The Bertz CT molecular complexity index is 1800. The Balaban J connectivity index is 1.07. The Kier molecular flexibility index (Phi) is 18.9. The summed E-state index contributed by atoms with van der Waals surface area (Å²) >= 11 is 0. The van der Waals surface area contributed by atoms with Crippen molar-refractivity contribution in [3.8, 4) is 11.8 Å². The summed E-state index contributed by atoms with van der Waals surface area (Å²) in [7, 11) is -3.02. The second kappa shape index (κ2) is 23.8. The summed E-state index contributed by atoms with van der Waals surface area (Å²) in [6.07, 6.45) is 20.9. The summed E-state index contributed by atoms with van der Waals surface area (Å²) in [5.41, 5.74) is 8.61. The molecule has 1 unspecified atom stereocenters. The Labute approximate surface area is 351 Å². The molecule has 0 bridgehead atoms. The van der Waals surface area contributed by atoms with Crippen LogP contribution in [0.5, 0.6) is 5.75 Å². The Hall–Kier alpha value is -3.12. The van der Waals surface area contributed by atoms with Crippen molar-refractivity contribution in [3.63, 3.8) is 0 Å². The van der Waals surface area contributed by atoms with E-state index in [1.807, 2.05) is 26.0 Å². The van der Waals surface area contributed by atoms with Crippen molar-refractivity contribution in [1.82, 2.24) is 14.6 Å². The van der Waals surface area contributed by atoms with Gasteiger partial charge in [-0.2, -0.15) is 10.4 Å². The Morgan fingerprint density at radius 1 is 0.915 bits per heavy atom. The lowest BCUT2D eigenvalue weighted by molar-refractivity contribution is -0.191. The molecule has 6 atom stereocenters. The lowest BCUT2D eigenvalue weighted by Crippen LogP contribution is -2.32. The van der Waals surface area contributed by atoms with Gasteiger partial charge in [-0.15, -0.1) is 0 Å². The number of rotatable bonds is 29. The topological polar surface area (TPSA) is 182 Å². The van der Waals surface area contributed by atoms with Crippen LogP contribution in [-0.4, -0.2) is 70.0 Å². The first-order chi connectivity index (χ1) is 28.5. The van der Waals surface area contributed by atoms with E-state index in [-0.39, 0.29) is 19.8 Å². The van der Waals surface area contributed by atoms with E-state index >= 15 is 0 Å². The number of nitrogen functional groups attached to an aromatic ring is 1. The number of hydrogen-bond donors (Lipinski definition) is 2. The fraction of sp³-hybridized carbons (Fsp3) is 0.705. The van der Waals surface area contributed by atoms with Gasteiger partial charge < -0.3 is 34.3 Å². The van der Waals surface area contributed by atoms with E-state index in [0.717, 1.165) is 24.8 Å². The van der Waals surface area contributed by atoms with Crippen LogP contribution in [0, 0.1) is 11.3 Å². The van der Waals surface area contributed by atoms with Gasteiger partial charge in [-0.25, -0.2) is 14.1 Å². The zero-order chi connectivity index (χ0) is 42.1. The quantitative estimate of drug-likeness (QED) is 0.0498. The van der Waals surface area contributed by atoms with Gasteiger partial charge in [0.25, 0.3) is 0 Å². The molecule has 0 spiro atoms. The van der Waals surface area contributed by atoms with E-state index in [4.69, 9.17) is 38.5 Å². The first kappa shape index (κ1) is 46.9. The summed E-state index contributed by atoms with van der Waals surface area (Å²) in [4.78, 5) is 14.9. The molecule has 2 aliphatic rings. The molecule has 1 aromatic carbocycles. The predicted molar refractivity (Wildman–Crippen MR) is 226 cm³/mol. The first-order valence-electron chi connectivity index (χ1n) is 21.9. The van der Waals surface area contributed by atoms with E-state index in [1.54, 1.807) is 22.7 Å². The van der Waals surface area contributed by atoms with Crippen molar-refractivity contribution in [3.05, 3.63) is 53.5 Å². The molecule has 3 aromatic rings. The van der Waals surface area contributed by atoms with Crippen LogP contribution in [0.3, 0.4) is 0 Å². The van der Waals surface area contributed by atoms with Crippen LogP contribution in [-0.2, 0) is 39.2 Å². The highest BCUT2D eigenvalue weighted by molar-refractivity contribution is 7.47. The molecule has 59 heavy (non-hydrogen) atoms. The van der Waals surface area contributed by atoms with Crippen molar-refractivity contribution in [2.45, 2.75) is 179 Å². The van der Waals surface area contributed by atoms with Crippen molar-refractivity contribution in [1.29, 1.82) is 5.26 Å². The molecule has 3 N–H and O–H groups in total. The maximum absolute atomic E-state index is 13.3. The van der Waals surface area contributed by atoms with Crippen LogP contribution in [0.1, 0.15) is 159 Å². The van der Waals surface area contributed by atoms with Gasteiger partial charge in [0.15, 0.2) is 11.6 Å². The molecular weight excluding hydrogens is 773 g/mol. The molecular formula is C44H68N5O9P. The van der Waals surface area contributed by atoms with Crippen molar-refractivity contribution in [2.75, 3.05) is 26.1 Å². The van der Waals surface area contributed by atoms with Crippen LogP contribution in [0.4, 0.5) is 5.82 Å². The summed E-state index contributed by atoms with van der Waals surface area (Å²) in [5.74, 6) is -0.123. The number of nitrogens with two attached hydrogens (primary N) is 1. The number of unbranched alkanes of at least 4 members (excludes halogenated alkanes) is 16. The lowest BCUT2D eigenvalue weighted by atomic mass is 10.0. The van der Waals surface area contributed by atoms with Gasteiger partial charge in [-0.3, -0.25) is 9.05 Å². The largest absolute Gasteiger partial charge is 0.495 e. The third-order valence-corrected chi connectivity index (χ3v) is 12.2. The summed E-state index contributed by atoms with van der Waals surface area (Å²) in [6.45, 7) is 5.68. The van der Waals surface area contributed by atoms with Gasteiger partial charge in [0.1, 0.15) is 48.1 Å². The molecule has 328 valence electrons. The van der Waals surface area contributed by atoms with Gasteiger partial charge in [0.05, 0.1) is 44.3 Å². The van der Waals surface area contributed by atoms with E-state index in [0.29, 0.717) is 34.8 Å². The molecule has 2 saturated heterocycles. The highest BCUT2D eigenvalue weighted by Crippen LogP contribution is 2.49. The molecule has 0 amide bonds. The van der Waals surface area contributed by atoms with E-state index < -0.39 is 44.1 Å². The average Bonchev–Trinajstić information content (AvgIpc) is 3.89. The Morgan fingerprint density at radius 3 is 2.17 bits per heavy atom. The summed E-state index contributed by atoms with van der Waals surface area (Å²) in [5, 5.41) is 13.7. The number of methoxy groups -OCH3 is 1. The second-order valence-corrected chi connectivity index (χ2v) is 17.9. The van der Waals surface area contributed by atoms with Gasteiger partial charge in [-0.1, -0.05) is 122 Å². The van der Waals surface area contributed by atoms with Gasteiger partial charge in [0.2, 0.25) is 0 Å². The highest BCUT2D eigenvalue weighted by atomic mass is 31.2. The number of aromatic nitrogens is 3. The van der Waals surface area contributed by atoms with Crippen molar-refractivity contribution < 1.29 is 42.2 Å².